The third kappa shape index (κ3) is 3.48. The average molecular weight is 305 g/mol. The van der Waals surface area contributed by atoms with Crippen LogP contribution in [0.2, 0.25) is 5.02 Å². The van der Waals surface area contributed by atoms with E-state index < -0.39 is 15.8 Å². The quantitative estimate of drug-likeness (QED) is 0.845. The van der Waals surface area contributed by atoms with Gasteiger partial charge in [-0.15, -0.1) is 0 Å². The maximum atomic E-state index is 12.2. The number of hydrogen-bond donors (Lipinski definition) is 1. The van der Waals surface area contributed by atoms with Crippen molar-refractivity contribution in [3.05, 3.63) is 34.9 Å². The van der Waals surface area contributed by atoms with Crippen LogP contribution in [0.5, 0.6) is 5.75 Å². The van der Waals surface area contributed by atoms with E-state index in [1.165, 1.54) is 13.2 Å². The maximum Gasteiger partial charge on any atom is 0.339 e. The highest BCUT2D eigenvalue weighted by molar-refractivity contribution is 7.91. The van der Waals surface area contributed by atoms with Gasteiger partial charge in [0.2, 0.25) is 0 Å². The number of benzene rings is 1. The number of carbonyl (C=O) groups is 1. The van der Waals surface area contributed by atoms with Gasteiger partial charge < -0.3 is 9.84 Å². The van der Waals surface area contributed by atoms with Crippen LogP contribution in [0.4, 0.5) is 0 Å². The zero-order valence-electron chi connectivity index (χ0n) is 10.4. The lowest BCUT2D eigenvalue weighted by molar-refractivity contribution is 0.0693. The topological polar surface area (TPSA) is 80.7 Å². The number of sulfone groups is 1. The van der Waals surface area contributed by atoms with Gasteiger partial charge in [-0.3, -0.25) is 0 Å². The summed E-state index contributed by atoms with van der Waals surface area (Å²) in [6.07, 6.45) is 0. The minimum Gasteiger partial charge on any atom is -0.494 e. The number of hydrogen-bond acceptors (Lipinski definition) is 4. The van der Waals surface area contributed by atoms with Crippen LogP contribution in [0.1, 0.15) is 17.3 Å². The van der Waals surface area contributed by atoms with Crippen molar-refractivity contribution in [2.45, 2.75) is 11.8 Å². The van der Waals surface area contributed by atoms with Gasteiger partial charge in [-0.25, -0.2) is 13.2 Å². The highest BCUT2D eigenvalue weighted by atomic mass is 35.5. The number of carboxylic acid groups (broad SMARTS) is 1. The van der Waals surface area contributed by atoms with E-state index in [2.05, 4.69) is 6.58 Å². The van der Waals surface area contributed by atoms with Crippen molar-refractivity contribution in [2.75, 3.05) is 12.9 Å². The lowest BCUT2D eigenvalue weighted by atomic mass is 10.2. The van der Waals surface area contributed by atoms with E-state index in [0.29, 0.717) is 5.57 Å². The fraction of sp³-hybridized carbons (Fsp3) is 0.250. The molecule has 0 fully saturated rings. The van der Waals surface area contributed by atoms with Crippen LogP contribution in [-0.2, 0) is 9.84 Å². The molecule has 5 nitrogen and oxygen atoms in total. The van der Waals surface area contributed by atoms with Crippen molar-refractivity contribution >= 4 is 27.4 Å². The molecule has 0 spiro atoms. The molecule has 1 rings (SSSR count). The molecule has 1 aromatic carbocycles. The minimum absolute atomic E-state index is 0.0125. The predicted octanol–water partition coefficient (Wildman–Crippen LogP) is 2.40. The molecule has 0 saturated carbocycles. The third-order valence-corrected chi connectivity index (χ3v) is 4.29. The van der Waals surface area contributed by atoms with Crippen LogP contribution in [0.25, 0.3) is 0 Å². The van der Waals surface area contributed by atoms with Gasteiger partial charge in [-0.1, -0.05) is 23.8 Å². The molecule has 19 heavy (non-hydrogen) atoms. The highest BCUT2D eigenvalue weighted by Crippen LogP contribution is 2.33. The first-order valence-electron chi connectivity index (χ1n) is 5.17. The van der Waals surface area contributed by atoms with E-state index in [9.17, 15) is 13.2 Å². The molecule has 0 aromatic heterocycles. The SMILES string of the molecule is C=C(C)CS(=O)(=O)c1cc(Cl)cc(C(=O)O)c1OC. The first-order chi connectivity index (χ1) is 8.69. The Labute approximate surface area is 116 Å². The highest BCUT2D eigenvalue weighted by Gasteiger charge is 2.25. The molecule has 0 atom stereocenters. The summed E-state index contributed by atoms with van der Waals surface area (Å²) in [5, 5.41) is 9.05. The Bertz CT molecular complexity index is 634. The number of halogens is 1. The summed E-state index contributed by atoms with van der Waals surface area (Å²) in [6.45, 7) is 5.09. The normalized spacial score (nSPS) is 11.1. The first kappa shape index (κ1) is 15.5. The molecular formula is C12H13ClO5S. The molecule has 104 valence electrons. The Balaban J connectivity index is 3.59. The van der Waals surface area contributed by atoms with E-state index >= 15 is 0 Å². The van der Waals surface area contributed by atoms with E-state index in [4.69, 9.17) is 21.4 Å². The van der Waals surface area contributed by atoms with Gasteiger partial charge in [0.15, 0.2) is 15.6 Å². The Morgan fingerprint density at radius 1 is 1.47 bits per heavy atom. The van der Waals surface area contributed by atoms with Crippen LogP contribution in [-0.4, -0.2) is 32.4 Å². The van der Waals surface area contributed by atoms with Crippen molar-refractivity contribution in [1.82, 2.24) is 0 Å². The van der Waals surface area contributed by atoms with Crippen LogP contribution < -0.4 is 4.74 Å². The number of aromatic carboxylic acids is 1. The fourth-order valence-corrected chi connectivity index (χ4v) is 3.44. The minimum atomic E-state index is -3.75. The van der Waals surface area contributed by atoms with Crippen LogP contribution in [0.15, 0.2) is 29.2 Å². The number of methoxy groups -OCH3 is 1. The van der Waals surface area contributed by atoms with Crippen molar-refractivity contribution in [3.8, 4) is 5.75 Å². The Kier molecular flexibility index (Phi) is 4.60. The van der Waals surface area contributed by atoms with Gasteiger partial charge in [0.1, 0.15) is 10.5 Å². The van der Waals surface area contributed by atoms with E-state index in [1.54, 1.807) is 6.92 Å². The second kappa shape index (κ2) is 5.63. The lowest BCUT2D eigenvalue weighted by Crippen LogP contribution is -2.12. The molecule has 1 aromatic rings. The molecule has 7 heteroatoms. The van der Waals surface area contributed by atoms with E-state index in [0.717, 1.165) is 6.07 Å². The maximum absolute atomic E-state index is 12.2. The third-order valence-electron chi connectivity index (χ3n) is 2.23. The first-order valence-corrected chi connectivity index (χ1v) is 7.20. The van der Waals surface area contributed by atoms with Crippen LogP contribution >= 0.6 is 11.6 Å². The number of rotatable bonds is 5. The second-order valence-electron chi connectivity index (χ2n) is 4.01. The molecule has 0 heterocycles. The zero-order valence-corrected chi connectivity index (χ0v) is 12.0. The number of carboxylic acids is 1. The number of ether oxygens (including phenoxy) is 1. The van der Waals surface area contributed by atoms with Gasteiger partial charge in [0.05, 0.1) is 12.9 Å². The van der Waals surface area contributed by atoms with Crippen molar-refractivity contribution in [3.63, 3.8) is 0 Å². The van der Waals surface area contributed by atoms with Crippen LogP contribution in [0.3, 0.4) is 0 Å². The zero-order chi connectivity index (χ0) is 14.8. The Hall–Kier alpha value is -1.53. The molecule has 1 N–H and O–H groups in total. The molecule has 0 aliphatic heterocycles. The summed E-state index contributed by atoms with van der Waals surface area (Å²) in [4.78, 5) is 10.8. The smallest absolute Gasteiger partial charge is 0.339 e. The Morgan fingerprint density at radius 3 is 2.47 bits per heavy atom. The van der Waals surface area contributed by atoms with Crippen LogP contribution in [0, 0.1) is 0 Å². The van der Waals surface area contributed by atoms with E-state index in [1.807, 2.05) is 0 Å². The summed E-state index contributed by atoms with van der Waals surface area (Å²) < 4.78 is 29.2. The summed E-state index contributed by atoms with van der Waals surface area (Å²) in [5.74, 6) is -1.84. The summed E-state index contributed by atoms with van der Waals surface area (Å²) in [5.41, 5.74) is 0.134. The van der Waals surface area contributed by atoms with Crippen molar-refractivity contribution in [1.29, 1.82) is 0 Å². The molecule has 0 radical (unpaired) electrons. The van der Waals surface area contributed by atoms with Gasteiger partial charge in [0.25, 0.3) is 0 Å². The van der Waals surface area contributed by atoms with Gasteiger partial charge in [-0.2, -0.15) is 0 Å². The molecule has 0 aliphatic rings. The van der Waals surface area contributed by atoms with Gasteiger partial charge >= 0.3 is 5.97 Å². The largest absolute Gasteiger partial charge is 0.494 e. The standard InChI is InChI=1S/C12H13ClO5S/c1-7(2)6-19(16,17)10-5-8(13)4-9(12(14)15)11(10)18-3/h4-5H,1,6H2,2-3H3,(H,14,15). The molecule has 0 aliphatic carbocycles. The monoisotopic (exact) mass is 304 g/mol. The van der Waals surface area contributed by atoms with Crippen molar-refractivity contribution < 1.29 is 23.1 Å². The van der Waals surface area contributed by atoms with E-state index in [-0.39, 0.29) is 27.0 Å². The molecule has 0 amide bonds. The Morgan fingerprint density at radius 2 is 2.05 bits per heavy atom. The molecule has 0 saturated heterocycles. The molecule has 0 bridgehead atoms. The molecule has 0 unspecified atom stereocenters. The van der Waals surface area contributed by atoms with Crippen molar-refractivity contribution in [2.24, 2.45) is 0 Å². The molecular weight excluding hydrogens is 292 g/mol. The van der Waals surface area contributed by atoms with Gasteiger partial charge in [-0.05, 0) is 19.1 Å². The average Bonchev–Trinajstić information content (AvgIpc) is 2.25. The predicted molar refractivity (Wildman–Crippen MR) is 71.8 cm³/mol. The summed E-state index contributed by atoms with van der Waals surface area (Å²) in [7, 11) is -2.55. The lowest BCUT2D eigenvalue weighted by Gasteiger charge is -2.12. The fourth-order valence-electron chi connectivity index (χ4n) is 1.57. The second-order valence-corrected chi connectivity index (χ2v) is 6.40. The summed E-state index contributed by atoms with van der Waals surface area (Å²) in [6, 6.07) is 2.31. The van der Waals surface area contributed by atoms with Gasteiger partial charge in [0, 0.05) is 5.02 Å². The summed E-state index contributed by atoms with van der Waals surface area (Å²) >= 11 is 5.76.